The van der Waals surface area contributed by atoms with Crippen molar-refractivity contribution in [2.45, 2.75) is 32.6 Å². The lowest BCUT2D eigenvalue weighted by Crippen LogP contribution is -2.24. The summed E-state index contributed by atoms with van der Waals surface area (Å²) >= 11 is 4.13. The van der Waals surface area contributed by atoms with Gasteiger partial charge in [0.1, 0.15) is 5.82 Å². The van der Waals surface area contributed by atoms with Crippen LogP contribution in [0.2, 0.25) is 0 Å². The lowest BCUT2D eigenvalue weighted by atomic mass is 9.94. The van der Waals surface area contributed by atoms with Crippen molar-refractivity contribution in [1.82, 2.24) is 9.55 Å². The first-order valence-corrected chi connectivity index (χ1v) is 6.81. The number of nitrogens with zero attached hydrogens (tertiary/aromatic N) is 2. The molecule has 1 rings (SSSR count). The maximum atomic E-state index is 11.3. The van der Waals surface area contributed by atoms with Crippen LogP contribution in [0.3, 0.4) is 0 Å². The summed E-state index contributed by atoms with van der Waals surface area (Å²) in [6.07, 6.45) is 2.42. The quantitative estimate of drug-likeness (QED) is 0.692. The van der Waals surface area contributed by atoms with Gasteiger partial charge in [0.25, 0.3) is 0 Å². The first-order valence-electron chi connectivity index (χ1n) is 6.18. The number of hydrogen-bond acceptors (Lipinski definition) is 5. The average Bonchev–Trinajstić information content (AvgIpc) is 2.35. The van der Waals surface area contributed by atoms with Crippen LogP contribution < -0.4 is 17.2 Å². The van der Waals surface area contributed by atoms with Crippen molar-refractivity contribution in [3.05, 3.63) is 22.2 Å². The molecule has 1 atom stereocenters. The molecule has 1 amide bonds. The molecule has 0 aromatic carbocycles. The summed E-state index contributed by atoms with van der Waals surface area (Å²) in [5, 5.41) is 0. The van der Waals surface area contributed by atoms with Crippen LogP contribution in [-0.2, 0) is 11.8 Å². The molecular weight excluding hydrogens is 264 g/mol. The average molecular weight is 286 g/mol. The van der Waals surface area contributed by atoms with Gasteiger partial charge >= 0.3 is 5.69 Å². The number of carbonyl (C=O) groups is 1. The Balaban J connectivity index is 0.00000154. The van der Waals surface area contributed by atoms with E-state index < -0.39 is 11.6 Å². The zero-order chi connectivity index (χ0) is 15.0. The third-order valence-electron chi connectivity index (χ3n) is 2.51. The number of rotatable bonds is 5. The van der Waals surface area contributed by atoms with Gasteiger partial charge in [-0.1, -0.05) is 13.8 Å². The molecule has 108 valence electrons. The zero-order valence-corrected chi connectivity index (χ0v) is 12.5. The number of hydrogen-bond donors (Lipinski definition) is 3. The Morgan fingerprint density at radius 2 is 2.11 bits per heavy atom. The lowest BCUT2D eigenvalue weighted by molar-refractivity contribution is -0.118. The number of amides is 1. The largest absolute Gasteiger partial charge is 0.383 e. The van der Waals surface area contributed by atoms with Crippen LogP contribution in [0.4, 0.5) is 5.82 Å². The summed E-state index contributed by atoms with van der Waals surface area (Å²) in [5.41, 5.74) is 11.1. The minimum Gasteiger partial charge on any atom is -0.383 e. The Morgan fingerprint density at radius 3 is 2.58 bits per heavy atom. The van der Waals surface area contributed by atoms with Crippen molar-refractivity contribution >= 4 is 24.4 Å². The second kappa shape index (κ2) is 8.58. The fraction of sp³-hybridized carbons (Fsp3) is 0.583. The molecule has 4 N–H and O–H groups in total. The van der Waals surface area contributed by atoms with Crippen molar-refractivity contribution in [3.63, 3.8) is 0 Å². The minimum absolute atomic E-state index is 0.149. The number of aromatic nitrogens is 2. The van der Waals surface area contributed by atoms with E-state index in [9.17, 15) is 9.59 Å². The highest BCUT2D eigenvalue weighted by atomic mass is 32.1. The van der Waals surface area contributed by atoms with Crippen LogP contribution in [0.25, 0.3) is 0 Å². The van der Waals surface area contributed by atoms with Gasteiger partial charge in [0.2, 0.25) is 5.91 Å². The van der Waals surface area contributed by atoms with Gasteiger partial charge in [-0.2, -0.15) is 17.6 Å². The van der Waals surface area contributed by atoms with Crippen LogP contribution in [-0.4, -0.2) is 21.2 Å². The van der Waals surface area contributed by atoms with Crippen molar-refractivity contribution in [2.75, 3.05) is 11.5 Å². The van der Waals surface area contributed by atoms with Gasteiger partial charge < -0.3 is 16.0 Å². The molecule has 0 bridgehead atoms. The normalized spacial score (nSPS) is 11.4. The molecule has 1 unspecified atom stereocenters. The zero-order valence-electron chi connectivity index (χ0n) is 11.6. The van der Waals surface area contributed by atoms with Gasteiger partial charge in [-0.25, -0.2) is 4.79 Å². The van der Waals surface area contributed by atoms with E-state index in [2.05, 4.69) is 17.6 Å². The molecule has 1 aromatic rings. The molecule has 19 heavy (non-hydrogen) atoms. The molecule has 6 nitrogen and oxygen atoms in total. The molecule has 1 aromatic heterocycles. The number of nitrogen functional groups attached to an aromatic ring is 1. The minimum atomic E-state index is -0.421. The third kappa shape index (κ3) is 5.34. The summed E-state index contributed by atoms with van der Waals surface area (Å²) in [7, 11) is 1.58. The molecule has 0 fully saturated rings. The van der Waals surface area contributed by atoms with E-state index in [-0.39, 0.29) is 18.2 Å². The Morgan fingerprint density at radius 1 is 1.53 bits per heavy atom. The van der Waals surface area contributed by atoms with E-state index in [1.807, 2.05) is 13.8 Å². The number of nitrogens with two attached hydrogens (primary N) is 2. The second-order valence-corrected chi connectivity index (χ2v) is 4.30. The van der Waals surface area contributed by atoms with Gasteiger partial charge in [0, 0.05) is 25.2 Å². The van der Waals surface area contributed by atoms with Crippen LogP contribution in [0.1, 0.15) is 38.2 Å². The number of primary amides is 1. The predicted octanol–water partition coefficient (Wildman–Crippen LogP) is 0.668. The van der Waals surface area contributed by atoms with Crippen LogP contribution in [0.15, 0.2) is 11.0 Å². The predicted molar refractivity (Wildman–Crippen MR) is 80.3 cm³/mol. The Labute approximate surface area is 118 Å². The van der Waals surface area contributed by atoms with Crippen molar-refractivity contribution < 1.29 is 4.79 Å². The maximum absolute atomic E-state index is 11.3. The number of anilines is 1. The van der Waals surface area contributed by atoms with E-state index in [1.54, 1.807) is 13.2 Å². The van der Waals surface area contributed by atoms with E-state index in [4.69, 9.17) is 11.5 Å². The van der Waals surface area contributed by atoms with Crippen LogP contribution in [0, 0.1) is 0 Å². The molecular formula is C12H22N4O2S. The van der Waals surface area contributed by atoms with Crippen LogP contribution in [0.5, 0.6) is 0 Å². The van der Waals surface area contributed by atoms with Gasteiger partial charge in [-0.3, -0.25) is 4.79 Å². The summed E-state index contributed by atoms with van der Waals surface area (Å²) in [6.45, 7) is 4.00. The number of thiol groups is 1. The number of carbonyl (C=O) groups excluding carboxylic acids is 1. The lowest BCUT2D eigenvalue weighted by Gasteiger charge is -2.16. The van der Waals surface area contributed by atoms with Gasteiger partial charge in [-0.15, -0.1) is 0 Å². The van der Waals surface area contributed by atoms with Gasteiger partial charge in [-0.05, 0) is 18.1 Å². The van der Waals surface area contributed by atoms with Crippen LogP contribution >= 0.6 is 12.6 Å². The summed E-state index contributed by atoms with van der Waals surface area (Å²) in [6, 6.07) is 0. The van der Waals surface area contributed by atoms with Crippen molar-refractivity contribution in [2.24, 2.45) is 12.8 Å². The van der Waals surface area contributed by atoms with E-state index in [0.717, 1.165) is 0 Å². The standard InChI is InChI=1S/C10H16N4O2S.C2H6/c1-14-5-7(9(12)13-10(14)16)6(2-3-17)4-8(11)15;1-2/h5-6,17H,2-4H2,1H3,(H2,11,15)(H2,12,13,16);1-2H3. The fourth-order valence-electron chi connectivity index (χ4n) is 1.66. The molecule has 7 heteroatoms. The van der Waals surface area contributed by atoms with Gasteiger partial charge in [0.05, 0.1) is 0 Å². The van der Waals surface area contributed by atoms with E-state index >= 15 is 0 Å². The second-order valence-electron chi connectivity index (χ2n) is 3.85. The molecule has 0 aliphatic rings. The molecule has 0 spiro atoms. The van der Waals surface area contributed by atoms with E-state index in [0.29, 0.717) is 17.7 Å². The van der Waals surface area contributed by atoms with Crippen molar-refractivity contribution in [1.29, 1.82) is 0 Å². The highest BCUT2D eigenvalue weighted by Gasteiger charge is 2.18. The van der Waals surface area contributed by atoms with Gasteiger partial charge in [0.15, 0.2) is 0 Å². The summed E-state index contributed by atoms with van der Waals surface area (Å²) in [4.78, 5) is 25.9. The molecule has 0 aliphatic carbocycles. The first kappa shape index (κ1) is 17.5. The highest BCUT2D eigenvalue weighted by Crippen LogP contribution is 2.26. The topological polar surface area (TPSA) is 104 Å². The van der Waals surface area contributed by atoms with Crippen molar-refractivity contribution in [3.8, 4) is 0 Å². The SMILES string of the molecule is CC.Cn1cc(C(CCS)CC(N)=O)c(N)nc1=O. The molecule has 1 heterocycles. The number of aryl methyl sites for hydroxylation is 1. The molecule has 0 saturated heterocycles. The molecule has 0 saturated carbocycles. The van der Waals surface area contributed by atoms with E-state index in [1.165, 1.54) is 4.57 Å². The monoisotopic (exact) mass is 286 g/mol. The highest BCUT2D eigenvalue weighted by molar-refractivity contribution is 7.80. The smallest absolute Gasteiger partial charge is 0.349 e. The Hall–Kier alpha value is -1.50. The summed E-state index contributed by atoms with van der Waals surface area (Å²) < 4.78 is 1.33. The molecule has 0 radical (unpaired) electrons. The fourth-order valence-corrected chi connectivity index (χ4v) is 1.97. The Kier molecular flexibility index (Phi) is 7.90. The Bertz CT molecular complexity index is 473. The first-order chi connectivity index (χ1) is 8.95. The third-order valence-corrected chi connectivity index (χ3v) is 2.77. The summed E-state index contributed by atoms with van der Waals surface area (Å²) in [5.74, 6) is 0.190. The maximum Gasteiger partial charge on any atom is 0.349 e. The molecule has 0 aliphatic heterocycles.